The van der Waals surface area contributed by atoms with E-state index in [1.807, 2.05) is 0 Å². The summed E-state index contributed by atoms with van der Waals surface area (Å²) in [6.07, 6.45) is -0.0401. The predicted octanol–water partition coefficient (Wildman–Crippen LogP) is 0.350. The van der Waals surface area contributed by atoms with Crippen LogP contribution in [0.1, 0.15) is 27.1 Å². The van der Waals surface area contributed by atoms with Crippen molar-refractivity contribution in [2.45, 2.75) is 11.3 Å². The van der Waals surface area contributed by atoms with Gasteiger partial charge < -0.3 is 10.1 Å². The summed E-state index contributed by atoms with van der Waals surface area (Å²) >= 11 is 1.39. The Kier molecular flexibility index (Phi) is 7.74. The first-order chi connectivity index (χ1) is 14.9. The second kappa shape index (κ2) is 10.5. The zero-order valence-corrected chi connectivity index (χ0v) is 18.1. The average molecular weight is 467 g/mol. The molecule has 0 unspecified atom stereocenters. The summed E-state index contributed by atoms with van der Waals surface area (Å²) in [6.45, 7) is 1.23. The fourth-order valence-corrected chi connectivity index (χ4v) is 4.87. The summed E-state index contributed by atoms with van der Waals surface area (Å²) in [5.41, 5.74) is 5.09. The summed E-state index contributed by atoms with van der Waals surface area (Å²) in [5.74, 6) is -1.44. The van der Waals surface area contributed by atoms with Crippen molar-refractivity contribution in [3.8, 4) is 0 Å². The number of rotatable bonds is 7. The van der Waals surface area contributed by atoms with Crippen molar-refractivity contribution in [1.82, 2.24) is 20.5 Å². The number of hydrogen-bond acceptors (Lipinski definition) is 7. The van der Waals surface area contributed by atoms with Crippen molar-refractivity contribution >= 4 is 39.1 Å². The van der Waals surface area contributed by atoms with Crippen molar-refractivity contribution in [3.05, 3.63) is 52.2 Å². The Morgan fingerprint density at radius 2 is 1.81 bits per heavy atom. The zero-order chi connectivity index (χ0) is 22.3. The molecular weight excluding hydrogens is 444 g/mol. The number of morpholine rings is 1. The van der Waals surface area contributed by atoms with Crippen molar-refractivity contribution in [1.29, 1.82) is 0 Å². The van der Waals surface area contributed by atoms with E-state index in [9.17, 15) is 22.8 Å². The van der Waals surface area contributed by atoms with E-state index in [1.54, 1.807) is 16.8 Å². The van der Waals surface area contributed by atoms with Gasteiger partial charge in [0.25, 0.3) is 11.8 Å². The standard InChI is InChI=1S/C19H22N4O6S2/c24-17(4-6-20-18(25)15-5-11-30-13-15)21-22-19(26)14-2-1-3-16(12-14)31(27,28)23-7-9-29-10-8-23/h1-3,5,11-13H,4,6-10H2,(H,20,25)(H,21,24)(H,22,26). The lowest BCUT2D eigenvalue weighted by molar-refractivity contribution is -0.121. The molecule has 0 spiro atoms. The van der Waals surface area contributed by atoms with Crippen LogP contribution >= 0.6 is 11.3 Å². The largest absolute Gasteiger partial charge is 0.379 e. The molecule has 31 heavy (non-hydrogen) atoms. The van der Waals surface area contributed by atoms with Crippen LogP contribution in [0.4, 0.5) is 0 Å². The van der Waals surface area contributed by atoms with E-state index in [0.29, 0.717) is 18.8 Å². The number of carbonyl (C=O) groups excluding carboxylic acids is 3. The highest BCUT2D eigenvalue weighted by Crippen LogP contribution is 2.18. The van der Waals surface area contributed by atoms with E-state index >= 15 is 0 Å². The van der Waals surface area contributed by atoms with Crippen molar-refractivity contribution < 1.29 is 27.5 Å². The highest BCUT2D eigenvalue weighted by Gasteiger charge is 2.26. The van der Waals surface area contributed by atoms with E-state index in [2.05, 4.69) is 16.2 Å². The Labute approximate surface area is 183 Å². The van der Waals surface area contributed by atoms with Crippen LogP contribution in [0.15, 0.2) is 46.0 Å². The number of hydrazine groups is 1. The van der Waals surface area contributed by atoms with Gasteiger partial charge in [0, 0.05) is 42.6 Å². The molecule has 1 aliphatic heterocycles. The minimum Gasteiger partial charge on any atom is -0.379 e. The number of carbonyl (C=O) groups is 3. The Hall–Kier alpha value is -2.80. The molecule has 10 nitrogen and oxygen atoms in total. The first-order valence-corrected chi connectivity index (χ1v) is 11.8. The summed E-state index contributed by atoms with van der Waals surface area (Å²) in [6, 6.07) is 7.25. The molecule has 1 saturated heterocycles. The monoisotopic (exact) mass is 466 g/mol. The summed E-state index contributed by atoms with van der Waals surface area (Å²) in [7, 11) is -3.74. The molecule has 1 aromatic heterocycles. The highest BCUT2D eigenvalue weighted by atomic mass is 32.2. The van der Waals surface area contributed by atoms with Crippen LogP contribution in [0.25, 0.3) is 0 Å². The van der Waals surface area contributed by atoms with Crippen molar-refractivity contribution in [3.63, 3.8) is 0 Å². The number of hydrogen-bond donors (Lipinski definition) is 3. The molecular formula is C19H22N4O6S2. The number of benzene rings is 1. The zero-order valence-electron chi connectivity index (χ0n) is 16.5. The molecule has 0 saturated carbocycles. The van der Waals surface area contributed by atoms with E-state index in [0.717, 1.165) is 0 Å². The van der Waals surface area contributed by atoms with Crippen LogP contribution < -0.4 is 16.2 Å². The third-order valence-corrected chi connectivity index (χ3v) is 7.02. The van der Waals surface area contributed by atoms with Crippen molar-refractivity contribution in [2.24, 2.45) is 0 Å². The molecule has 3 rings (SSSR count). The molecule has 3 amide bonds. The van der Waals surface area contributed by atoms with Gasteiger partial charge in [0.15, 0.2) is 0 Å². The summed E-state index contributed by atoms with van der Waals surface area (Å²) in [5, 5.41) is 6.08. The van der Waals surface area contributed by atoms with Gasteiger partial charge in [-0.15, -0.1) is 0 Å². The molecule has 12 heteroatoms. The minimum atomic E-state index is -3.74. The Balaban J connectivity index is 1.49. The molecule has 1 aromatic carbocycles. The quantitative estimate of drug-likeness (QED) is 0.504. The lowest BCUT2D eigenvalue weighted by atomic mass is 10.2. The van der Waals surface area contributed by atoms with E-state index in [-0.39, 0.29) is 42.4 Å². The second-order valence-corrected chi connectivity index (χ2v) is 9.28. The molecule has 0 radical (unpaired) electrons. The average Bonchev–Trinajstić information content (AvgIpc) is 3.33. The van der Waals surface area contributed by atoms with Gasteiger partial charge in [-0.1, -0.05) is 6.07 Å². The lowest BCUT2D eigenvalue weighted by Gasteiger charge is -2.26. The van der Waals surface area contributed by atoms with Gasteiger partial charge in [-0.3, -0.25) is 25.2 Å². The first kappa shape index (κ1) is 22.9. The Morgan fingerprint density at radius 1 is 1.03 bits per heavy atom. The summed E-state index contributed by atoms with van der Waals surface area (Å²) in [4.78, 5) is 36.0. The first-order valence-electron chi connectivity index (χ1n) is 9.45. The lowest BCUT2D eigenvalue weighted by Crippen LogP contribution is -2.43. The third-order valence-electron chi connectivity index (χ3n) is 4.44. The van der Waals surface area contributed by atoms with Gasteiger partial charge in [-0.05, 0) is 29.6 Å². The highest BCUT2D eigenvalue weighted by molar-refractivity contribution is 7.89. The Bertz CT molecular complexity index is 1030. The molecule has 2 aromatic rings. The number of amides is 3. The normalized spacial score (nSPS) is 14.6. The minimum absolute atomic E-state index is 0.00970. The number of nitrogens with one attached hydrogen (secondary N) is 3. The number of sulfonamides is 1. The summed E-state index contributed by atoms with van der Waals surface area (Å²) < 4.78 is 31.9. The van der Waals surface area contributed by atoms with Crippen LogP contribution in [0, 0.1) is 0 Å². The van der Waals surface area contributed by atoms with Gasteiger partial charge in [0.2, 0.25) is 15.9 Å². The van der Waals surface area contributed by atoms with Gasteiger partial charge in [0.05, 0.1) is 18.1 Å². The topological polar surface area (TPSA) is 134 Å². The number of thiophene rings is 1. The molecule has 2 heterocycles. The molecule has 0 aliphatic carbocycles. The maximum absolute atomic E-state index is 12.7. The number of ether oxygens (including phenoxy) is 1. The molecule has 1 fully saturated rings. The smallest absolute Gasteiger partial charge is 0.269 e. The maximum Gasteiger partial charge on any atom is 0.269 e. The molecule has 3 N–H and O–H groups in total. The Morgan fingerprint density at radius 3 is 2.52 bits per heavy atom. The fraction of sp³-hybridized carbons (Fsp3) is 0.316. The van der Waals surface area contributed by atoms with Crippen LogP contribution in [0.5, 0.6) is 0 Å². The van der Waals surface area contributed by atoms with E-state index in [1.165, 1.54) is 39.9 Å². The van der Waals surface area contributed by atoms with Crippen LogP contribution in [0.2, 0.25) is 0 Å². The number of nitrogens with zero attached hydrogens (tertiary/aromatic N) is 1. The van der Waals surface area contributed by atoms with Gasteiger partial charge in [-0.2, -0.15) is 15.6 Å². The predicted molar refractivity (Wildman–Crippen MR) is 113 cm³/mol. The maximum atomic E-state index is 12.7. The van der Waals surface area contributed by atoms with E-state index < -0.39 is 21.8 Å². The molecule has 1 aliphatic rings. The van der Waals surface area contributed by atoms with Gasteiger partial charge in [0.1, 0.15) is 0 Å². The van der Waals surface area contributed by atoms with Gasteiger partial charge >= 0.3 is 0 Å². The second-order valence-electron chi connectivity index (χ2n) is 6.56. The third kappa shape index (κ3) is 6.10. The van der Waals surface area contributed by atoms with Crippen LogP contribution in [-0.2, 0) is 19.6 Å². The van der Waals surface area contributed by atoms with Gasteiger partial charge in [-0.25, -0.2) is 8.42 Å². The molecule has 0 bridgehead atoms. The van der Waals surface area contributed by atoms with E-state index in [4.69, 9.17) is 4.74 Å². The van der Waals surface area contributed by atoms with Crippen molar-refractivity contribution in [2.75, 3.05) is 32.8 Å². The fourth-order valence-electron chi connectivity index (χ4n) is 2.78. The molecule has 166 valence electrons. The van der Waals surface area contributed by atoms with Crippen LogP contribution in [0.3, 0.4) is 0 Å². The molecule has 0 atom stereocenters. The SMILES string of the molecule is O=C(CCNC(=O)c1ccsc1)NNC(=O)c1cccc(S(=O)(=O)N2CCOCC2)c1. The van der Waals surface area contributed by atoms with Crippen LogP contribution in [-0.4, -0.2) is 63.3 Å².